The largest absolute Gasteiger partial charge is 0.490 e. The van der Waals surface area contributed by atoms with Gasteiger partial charge in [0.2, 0.25) is 11.8 Å². The van der Waals surface area contributed by atoms with Crippen LogP contribution in [-0.2, 0) is 9.59 Å². The van der Waals surface area contributed by atoms with Gasteiger partial charge >= 0.3 is 0 Å². The summed E-state index contributed by atoms with van der Waals surface area (Å²) in [5.74, 6) is 1.14. The van der Waals surface area contributed by atoms with Crippen molar-refractivity contribution >= 4 is 23.2 Å². The van der Waals surface area contributed by atoms with Crippen molar-refractivity contribution in [2.24, 2.45) is 0 Å². The molecule has 2 aromatic carbocycles. The van der Waals surface area contributed by atoms with Gasteiger partial charge in [0.05, 0.1) is 26.3 Å². The third kappa shape index (κ3) is 7.61. The van der Waals surface area contributed by atoms with Gasteiger partial charge in [-0.1, -0.05) is 32.0 Å². The molecule has 7 heteroatoms. The summed E-state index contributed by atoms with van der Waals surface area (Å²) in [4.78, 5) is 26.5. The number of nitrogens with zero attached hydrogens (tertiary/aromatic N) is 1. The minimum absolute atomic E-state index is 0.0798. The van der Waals surface area contributed by atoms with Crippen molar-refractivity contribution in [2.75, 3.05) is 44.0 Å². The lowest BCUT2D eigenvalue weighted by Crippen LogP contribution is -2.36. The van der Waals surface area contributed by atoms with Crippen LogP contribution in [0.15, 0.2) is 42.5 Å². The molecule has 0 bridgehead atoms. The second-order valence-corrected chi connectivity index (χ2v) is 7.54. The molecule has 2 amide bonds. The molecule has 2 rings (SSSR count). The number of nitrogens with one attached hydrogen (secondary N) is 2. The second-order valence-electron chi connectivity index (χ2n) is 7.54. The first kappa shape index (κ1) is 24.2. The van der Waals surface area contributed by atoms with E-state index in [-0.39, 0.29) is 24.9 Å². The first-order valence-electron chi connectivity index (χ1n) is 10.6. The molecular formula is C24H33N3O4. The Hall–Kier alpha value is -3.06. The highest BCUT2D eigenvalue weighted by Gasteiger charge is 2.14. The molecule has 0 radical (unpaired) electrons. The third-order valence-electron chi connectivity index (χ3n) is 4.51. The Kier molecular flexibility index (Phi) is 9.34. The summed E-state index contributed by atoms with van der Waals surface area (Å²) in [7, 11) is 1.73. The van der Waals surface area contributed by atoms with Crippen LogP contribution in [0.3, 0.4) is 0 Å². The SMILES string of the molecule is CCOc1ccc(NC(=O)CN(C)CC(=O)Nc2ccccc2C(C)C)cc1OCC. The average Bonchev–Trinajstić information content (AvgIpc) is 2.70. The van der Waals surface area contributed by atoms with E-state index in [1.807, 2.05) is 38.1 Å². The van der Waals surface area contributed by atoms with Crippen molar-refractivity contribution in [2.45, 2.75) is 33.6 Å². The highest BCUT2D eigenvalue weighted by atomic mass is 16.5. The summed E-state index contributed by atoms with van der Waals surface area (Å²) in [5, 5.41) is 5.78. The third-order valence-corrected chi connectivity index (χ3v) is 4.51. The Labute approximate surface area is 184 Å². The smallest absolute Gasteiger partial charge is 0.238 e. The molecule has 0 saturated carbocycles. The summed E-state index contributed by atoms with van der Waals surface area (Å²) in [5.41, 5.74) is 2.50. The van der Waals surface area contributed by atoms with Crippen LogP contribution in [0, 0.1) is 0 Å². The first-order valence-corrected chi connectivity index (χ1v) is 10.6. The Morgan fingerprint density at radius 2 is 1.52 bits per heavy atom. The minimum Gasteiger partial charge on any atom is -0.490 e. The molecule has 0 aliphatic carbocycles. The summed E-state index contributed by atoms with van der Waals surface area (Å²) in [6, 6.07) is 13.0. The lowest BCUT2D eigenvalue weighted by atomic mass is 10.0. The predicted octanol–water partition coefficient (Wildman–Crippen LogP) is 4.12. The number of hydrogen-bond acceptors (Lipinski definition) is 5. The van der Waals surface area contributed by atoms with Crippen molar-refractivity contribution in [3.05, 3.63) is 48.0 Å². The van der Waals surface area contributed by atoms with E-state index < -0.39 is 0 Å². The van der Waals surface area contributed by atoms with Crippen LogP contribution >= 0.6 is 0 Å². The number of amides is 2. The fraction of sp³-hybridized carbons (Fsp3) is 0.417. The normalized spacial score (nSPS) is 10.8. The van der Waals surface area contributed by atoms with E-state index in [4.69, 9.17) is 9.47 Å². The van der Waals surface area contributed by atoms with Gasteiger partial charge in [-0.25, -0.2) is 0 Å². The fourth-order valence-electron chi connectivity index (χ4n) is 3.18. The summed E-state index contributed by atoms with van der Waals surface area (Å²) in [6.45, 7) is 9.16. The van der Waals surface area contributed by atoms with E-state index in [0.29, 0.717) is 36.3 Å². The molecule has 2 N–H and O–H groups in total. The van der Waals surface area contributed by atoms with Crippen molar-refractivity contribution in [1.29, 1.82) is 0 Å². The zero-order chi connectivity index (χ0) is 22.8. The molecule has 0 saturated heterocycles. The Balaban J connectivity index is 1.91. The number of benzene rings is 2. The van der Waals surface area contributed by atoms with Gasteiger partial charge in [-0.15, -0.1) is 0 Å². The van der Waals surface area contributed by atoms with Crippen LogP contribution in [0.2, 0.25) is 0 Å². The Bertz CT molecular complexity index is 883. The predicted molar refractivity (Wildman–Crippen MR) is 124 cm³/mol. The number of para-hydroxylation sites is 1. The molecule has 7 nitrogen and oxygen atoms in total. The lowest BCUT2D eigenvalue weighted by Gasteiger charge is -2.18. The summed E-state index contributed by atoms with van der Waals surface area (Å²) >= 11 is 0. The molecule has 31 heavy (non-hydrogen) atoms. The molecule has 168 valence electrons. The van der Waals surface area contributed by atoms with Gasteiger partial charge in [-0.05, 0) is 50.6 Å². The molecule has 0 aliphatic rings. The highest BCUT2D eigenvalue weighted by molar-refractivity contribution is 5.95. The zero-order valence-corrected chi connectivity index (χ0v) is 19.0. The number of hydrogen-bond donors (Lipinski definition) is 2. The van der Waals surface area contributed by atoms with Gasteiger partial charge in [0.25, 0.3) is 0 Å². The first-order chi connectivity index (χ1) is 14.8. The van der Waals surface area contributed by atoms with E-state index in [1.54, 1.807) is 30.1 Å². The molecule has 2 aromatic rings. The van der Waals surface area contributed by atoms with E-state index >= 15 is 0 Å². The number of carbonyl (C=O) groups is 2. The molecule has 0 aliphatic heterocycles. The highest BCUT2D eigenvalue weighted by Crippen LogP contribution is 2.30. The zero-order valence-electron chi connectivity index (χ0n) is 19.0. The number of anilines is 2. The maximum Gasteiger partial charge on any atom is 0.238 e. The van der Waals surface area contributed by atoms with E-state index in [1.165, 1.54) is 0 Å². The maximum atomic E-state index is 12.4. The van der Waals surface area contributed by atoms with Gasteiger partial charge in [0.15, 0.2) is 11.5 Å². The second kappa shape index (κ2) is 12.0. The van der Waals surface area contributed by atoms with E-state index in [2.05, 4.69) is 24.5 Å². The lowest BCUT2D eigenvalue weighted by molar-refractivity contribution is -0.119. The van der Waals surface area contributed by atoms with Crippen LogP contribution in [0.5, 0.6) is 11.5 Å². The monoisotopic (exact) mass is 427 g/mol. The van der Waals surface area contributed by atoms with Gasteiger partial charge in [-0.3, -0.25) is 14.5 Å². The number of likely N-dealkylation sites (N-methyl/N-ethyl adjacent to an activating group) is 1. The molecule has 0 aromatic heterocycles. The van der Waals surface area contributed by atoms with Crippen LogP contribution in [0.25, 0.3) is 0 Å². The Morgan fingerprint density at radius 1 is 0.903 bits per heavy atom. The van der Waals surface area contributed by atoms with Crippen LogP contribution < -0.4 is 20.1 Å². The van der Waals surface area contributed by atoms with E-state index in [0.717, 1.165) is 11.3 Å². The van der Waals surface area contributed by atoms with Gasteiger partial charge in [0.1, 0.15) is 0 Å². The Morgan fingerprint density at radius 3 is 2.16 bits per heavy atom. The summed E-state index contributed by atoms with van der Waals surface area (Å²) in [6.07, 6.45) is 0. The molecule has 0 fully saturated rings. The standard InChI is InChI=1S/C24H33N3O4/c1-6-30-21-13-12-18(14-22(21)31-7-2)25-23(28)15-27(5)16-24(29)26-20-11-9-8-10-19(20)17(3)4/h8-14,17H,6-7,15-16H2,1-5H3,(H,25,28)(H,26,29). The molecule has 0 atom stereocenters. The number of ether oxygens (including phenoxy) is 2. The molecular weight excluding hydrogens is 394 g/mol. The van der Waals surface area contributed by atoms with Crippen LogP contribution in [0.1, 0.15) is 39.2 Å². The fourth-order valence-corrected chi connectivity index (χ4v) is 3.18. The summed E-state index contributed by atoms with van der Waals surface area (Å²) < 4.78 is 11.1. The quantitative estimate of drug-likeness (QED) is 0.564. The maximum absolute atomic E-state index is 12.4. The minimum atomic E-state index is -0.218. The van der Waals surface area contributed by atoms with Gasteiger partial charge in [0, 0.05) is 17.4 Å². The van der Waals surface area contributed by atoms with Crippen molar-refractivity contribution in [3.63, 3.8) is 0 Å². The molecule has 0 heterocycles. The van der Waals surface area contributed by atoms with Gasteiger partial charge in [-0.2, -0.15) is 0 Å². The number of carbonyl (C=O) groups excluding carboxylic acids is 2. The number of rotatable bonds is 11. The van der Waals surface area contributed by atoms with Crippen LogP contribution in [-0.4, -0.2) is 50.1 Å². The van der Waals surface area contributed by atoms with Crippen molar-refractivity contribution in [1.82, 2.24) is 4.90 Å². The molecule has 0 spiro atoms. The van der Waals surface area contributed by atoms with Gasteiger partial charge < -0.3 is 20.1 Å². The van der Waals surface area contributed by atoms with Crippen molar-refractivity contribution < 1.29 is 19.1 Å². The molecule has 0 unspecified atom stereocenters. The average molecular weight is 428 g/mol. The van der Waals surface area contributed by atoms with E-state index in [9.17, 15) is 9.59 Å². The van der Waals surface area contributed by atoms with Crippen LogP contribution in [0.4, 0.5) is 11.4 Å². The topological polar surface area (TPSA) is 79.9 Å². The van der Waals surface area contributed by atoms with Crippen molar-refractivity contribution in [3.8, 4) is 11.5 Å².